The van der Waals surface area contributed by atoms with E-state index in [0.717, 1.165) is 17.6 Å². The van der Waals surface area contributed by atoms with Crippen molar-refractivity contribution in [3.8, 4) is 0 Å². The summed E-state index contributed by atoms with van der Waals surface area (Å²) in [4.78, 5) is 24.8. The van der Waals surface area contributed by atoms with Crippen LogP contribution in [0.3, 0.4) is 0 Å². The Balaban J connectivity index is 1.54. The molecule has 0 radical (unpaired) electrons. The number of hydrogen-bond acceptors (Lipinski definition) is 6. The third-order valence-electron chi connectivity index (χ3n) is 5.26. The minimum absolute atomic E-state index is 0.102. The quantitative estimate of drug-likeness (QED) is 0.216. The molecule has 1 heterocycles. The molecule has 2 unspecified atom stereocenters. The van der Waals surface area contributed by atoms with Gasteiger partial charge in [0.2, 0.25) is 5.13 Å². The smallest absolute Gasteiger partial charge is 0.259 e. The van der Waals surface area contributed by atoms with Crippen LogP contribution >= 0.6 is 85.3 Å². The fourth-order valence-corrected chi connectivity index (χ4v) is 6.34. The Morgan fingerprint density at radius 2 is 1.82 bits per heavy atom. The number of carbonyl (C=O) groups excluding carboxylic acids is 2. The molecular formula is C20H12BrCl5N4O2S. The number of carbonyl (C=O) groups is 2. The molecule has 0 bridgehead atoms. The second kappa shape index (κ2) is 9.49. The first-order valence-electron chi connectivity index (χ1n) is 9.21. The van der Waals surface area contributed by atoms with Crippen LogP contribution in [0.2, 0.25) is 15.1 Å². The van der Waals surface area contributed by atoms with Crippen molar-refractivity contribution in [2.24, 2.45) is 5.41 Å². The summed E-state index contributed by atoms with van der Waals surface area (Å²) in [5.74, 6) is -0.986. The van der Waals surface area contributed by atoms with Gasteiger partial charge in [-0.1, -0.05) is 69.3 Å². The lowest BCUT2D eigenvalue weighted by Gasteiger charge is -2.15. The maximum Gasteiger partial charge on any atom is 0.259 e. The number of aldehydes is 1. The summed E-state index contributed by atoms with van der Waals surface area (Å²) in [6.45, 7) is 0.102. The zero-order chi connectivity index (χ0) is 24.0. The summed E-state index contributed by atoms with van der Waals surface area (Å²) in [6, 6.07) is 9.75. The summed E-state index contributed by atoms with van der Waals surface area (Å²) in [5, 5.41) is 14.8. The third kappa shape index (κ3) is 4.85. The molecule has 4 rings (SSSR count). The highest BCUT2D eigenvalue weighted by molar-refractivity contribution is 9.11. The average molecular weight is 630 g/mol. The molecule has 172 valence electrons. The van der Waals surface area contributed by atoms with Crippen LogP contribution in [-0.2, 0) is 4.79 Å². The highest BCUT2D eigenvalue weighted by Gasteiger charge is 2.76. The van der Waals surface area contributed by atoms with Crippen molar-refractivity contribution in [1.29, 1.82) is 0 Å². The number of nitrogens with one attached hydrogen (secondary N) is 2. The monoisotopic (exact) mass is 626 g/mol. The van der Waals surface area contributed by atoms with Crippen molar-refractivity contribution in [2.45, 2.75) is 10.3 Å². The Labute approximate surface area is 226 Å². The van der Waals surface area contributed by atoms with E-state index in [1.54, 1.807) is 36.4 Å². The van der Waals surface area contributed by atoms with E-state index in [0.29, 0.717) is 30.3 Å². The summed E-state index contributed by atoms with van der Waals surface area (Å²) >= 11 is 35.9. The van der Waals surface area contributed by atoms with Crippen molar-refractivity contribution in [3.05, 3.63) is 66.5 Å². The Bertz CT molecular complexity index is 1240. The fraction of sp³-hybridized carbons (Fsp3) is 0.200. The van der Waals surface area contributed by atoms with Crippen molar-refractivity contribution < 1.29 is 9.59 Å². The standard InChI is InChI=1S/C20H12BrCl5N4O2S/c21-17-29-30-18(33-17)28-16(32)13-6-12(1-2-14(13)24)27-7-19(8-31)15(20(19,25)26)9-3-10(22)5-11(23)4-9/h1-6,8,15,27H,7H2,(H,28,30,32). The Morgan fingerprint density at radius 1 is 1.12 bits per heavy atom. The number of amides is 1. The van der Waals surface area contributed by atoms with Crippen LogP contribution in [-0.4, -0.2) is 33.3 Å². The average Bonchev–Trinajstić information content (AvgIpc) is 2.97. The van der Waals surface area contributed by atoms with E-state index in [1.165, 1.54) is 0 Å². The van der Waals surface area contributed by atoms with E-state index >= 15 is 0 Å². The van der Waals surface area contributed by atoms with E-state index in [1.807, 2.05) is 0 Å². The van der Waals surface area contributed by atoms with Gasteiger partial charge in [0.25, 0.3) is 5.91 Å². The van der Waals surface area contributed by atoms with E-state index in [2.05, 4.69) is 36.8 Å². The van der Waals surface area contributed by atoms with E-state index in [4.69, 9.17) is 58.0 Å². The minimum Gasteiger partial charge on any atom is -0.384 e. The molecule has 0 spiro atoms. The van der Waals surface area contributed by atoms with E-state index in [-0.39, 0.29) is 17.1 Å². The Kier molecular flexibility index (Phi) is 7.18. The van der Waals surface area contributed by atoms with Gasteiger partial charge in [-0.2, -0.15) is 0 Å². The SMILES string of the molecule is O=CC1(CNc2ccc(Cl)c(C(=O)Nc3nnc(Br)s3)c2)C(c2cc(Cl)cc(Cl)c2)C1(Cl)Cl. The molecule has 1 aromatic heterocycles. The van der Waals surface area contributed by atoms with Gasteiger partial charge in [-0.3, -0.25) is 10.1 Å². The molecule has 1 aliphatic rings. The van der Waals surface area contributed by atoms with Crippen LogP contribution in [0.15, 0.2) is 40.3 Å². The van der Waals surface area contributed by atoms with E-state index in [9.17, 15) is 9.59 Å². The second-order valence-corrected chi connectivity index (χ2v) is 12.2. The van der Waals surface area contributed by atoms with Gasteiger partial charge in [-0.15, -0.1) is 10.2 Å². The molecule has 0 aliphatic heterocycles. The minimum atomic E-state index is -1.37. The number of aromatic nitrogens is 2. The molecule has 2 atom stereocenters. The molecule has 1 fully saturated rings. The molecule has 2 N–H and O–H groups in total. The fourth-order valence-electron chi connectivity index (χ4n) is 3.61. The molecule has 13 heteroatoms. The normalized spacial score (nSPS) is 20.8. The van der Waals surface area contributed by atoms with Gasteiger partial charge < -0.3 is 10.1 Å². The lowest BCUT2D eigenvalue weighted by Crippen LogP contribution is -2.23. The number of halogens is 6. The number of rotatable bonds is 7. The summed E-state index contributed by atoms with van der Waals surface area (Å²) in [6.07, 6.45) is 0.732. The van der Waals surface area contributed by atoms with Crippen LogP contribution in [0, 0.1) is 5.41 Å². The lowest BCUT2D eigenvalue weighted by atomic mass is 10.00. The molecule has 1 amide bonds. The van der Waals surface area contributed by atoms with E-state index < -0.39 is 21.6 Å². The van der Waals surface area contributed by atoms with Crippen LogP contribution in [0.4, 0.5) is 10.8 Å². The van der Waals surface area contributed by atoms with Crippen LogP contribution in [0.5, 0.6) is 0 Å². The van der Waals surface area contributed by atoms with Gasteiger partial charge in [-0.25, -0.2) is 0 Å². The van der Waals surface area contributed by atoms with Gasteiger partial charge in [0, 0.05) is 28.2 Å². The highest BCUT2D eigenvalue weighted by atomic mass is 79.9. The molecular weight excluding hydrogens is 617 g/mol. The molecule has 2 aromatic carbocycles. The largest absolute Gasteiger partial charge is 0.384 e. The topological polar surface area (TPSA) is 84.0 Å². The number of alkyl halides is 2. The maximum atomic E-state index is 12.6. The number of nitrogens with zero attached hydrogens (tertiary/aromatic N) is 2. The zero-order valence-corrected chi connectivity index (χ0v) is 22.4. The molecule has 1 saturated carbocycles. The van der Waals surface area contributed by atoms with Gasteiger partial charge in [0.15, 0.2) is 3.92 Å². The van der Waals surface area contributed by atoms with Crippen LogP contribution in [0.1, 0.15) is 21.8 Å². The lowest BCUT2D eigenvalue weighted by molar-refractivity contribution is -0.112. The maximum absolute atomic E-state index is 12.6. The van der Waals surface area contributed by atoms with Crippen LogP contribution < -0.4 is 10.6 Å². The highest BCUT2D eigenvalue weighted by Crippen LogP contribution is 2.73. The second-order valence-electron chi connectivity index (χ2n) is 7.28. The summed E-state index contributed by atoms with van der Waals surface area (Å²) in [5.41, 5.74) is 0.282. The summed E-state index contributed by atoms with van der Waals surface area (Å²) < 4.78 is -0.836. The predicted molar refractivity (Wildman–Crippen MR) is 138 cm³/mol. The van der Waals surface area contributed by atoms with Gasteiger partial charge in [0.05, 0.1) is 16.0 Å². The van der Waals surface area contributed by atoms with Crippen molar-refractivity contribution in [1.82, 2.24) is 10.2 Å². The molecule has 3 aromatic rings. The number of anilines is 2. The Hall–Kier alpha value is -1.13. The first-order valence-corrected chi connectivity index (χ1v) is 12.7. The molecule has 6 nitrogen and oxygen atoms in total. The van der Waals surface area contributed by atoms with Crippen molar-refractivity contribution in [2.75, 3.05) is 17.2 Å². The van der Waals surface area contributed by atoms with Crippen molar-refractivity contribution >= 4 is 108 Å². The van der Waals surface area contributed by atoms with Crippen LogP contribution in [0.25, 0.3) is 0 Å². The first kappa shape index (κ1) is 25.0. The number of benzene rings is 2. The van der Waals surface area contributed by atoms with Gasteiger partial charge in [-0.05, 0) is 57.9 Å². The Morgan fingerprint density at radius 3 is 2.42 bits per heavy atom. The summed E-state index contributed by atoms with van der Waals surface area (Å²) in [7, 11) is 0. The van der Waals surface area contributed by atoms with Gasteiger partial charge in [0.1, 0.15) is 10.6 Å². The first-order chi connectivity index (χ1) is 15.6. The zero-order valence-electron chi connectivity index (χ0n) is 16.2. The van der Waals surface area contributed by atoms with Gasteiger partial charge >= 0.3 is 0 Å². The number of hydrogen-bond donors (Lipinski definition) is 2. The van der Waals surface area contributed by atoms with Crippen molar-refractivity contribution in [3.63, 3.8) is 0 Å². The third-order valence-corrected chi connectivity index (χ3v) is 8.44. The molecule has 33 heavy (non-hydrogen) atoms. The molecule has 0 saturated heterocycles. The molecule has 1 aliphatic carbocycles. The predicted octanol–water partition coefficient (Wildman–Crippen LogP) is 7.08.